The van der Waals surface area contributed by atoms with Crippen LogP contribution >= 0.6 is 0 Å². The van der Waals surface area contributed by atoms with Gasteiger partial charge < -0.3 is 9.69 Å². The van der Waals surface area contributed by atoms with E-state index in [4.69, 9.17) is 0 Å². The molecular formula is C15H26N2O2. The standard InChI is InChI=1S/C15H26N2O2/c1-2-13-7-4-6-10-17(13)15(19)11-16-9-5-3-8-14(16)12-18/h12-14H,2-11H2,1H3. The van der Waals surface area contributed by atoms with Crippen LogP contribution in [0.2, 0.25) is 0 Å². The van der Waals surface area contributed by atoms with Gasteiger partial charge in [0.2, 0.25) is 5.91 Å². The maximum atomic E-state index is 12.5. The van der Waals surface area contributed by atoms with E-state index in [1.54, 1.807) is 0 Å². The first-order valence-corrected chi connectivity index (χ1v) is 7.75. The Kier molecular flexibility index (Phi) is 5.37. The Morgan fingerprint density at radius 2 is 1.89 bits per heavy atom. The third-order valence-corrected chi connectivity index (χ3v) is 4.58. The quantitative estimate of drug-likeness (QED) is 0.729. The van der Waals surface area contributed by atoms with E-state index in [2.05, 4.69) is 16.7 Å². The average molecular weight is 266 g/mol. The highest BCUT2D eigenvalue weighted by atomic mass is 16.2. The lowest BCUT2D eigenvalue weighted by Crippen LogP contribution is -2.51. The molecule has 2 aliphatic heterocycles. The maximum Gasteiger partial charge on any atom is 0.237 e. The Hall–Kier alpha value is -0.900. The van der Waals surface area contributed by atoms with Gasteiger partial charge in [-0.3, -0.25) is 9.69 Å². The van der Waals surface area contributed by atoms with Crippen molar-refractivity contribution in [3.63, 3.8) is 0 Å². The zero-order chi connectivity index (χ0) is 13.7. The Morgan fingerprint density at radius 1 is 1.16 bits per heavy atom. The summed E-state index contributed by atoms with van der Waals surface area (Å²) in [5.74, 6) is 0.223. The van der Waals surface area contributed by atoms with Crippen LogP contribution in [-0.4, -0.2) is 53.7 Å². The van der Waals surface area contributed by atoms with Crippen molar-refractivity contribution in [2.75, 3.05) is 19.6 Å². The molecule has 1 amide bonds. The average Bonchev–Trinajstić information content (AvgIpc) is 2.47. The number of piperidine rings is 2. The molecule has 0 bridgehead atoms. The fraction of sp³-hybridized carbons (Fsp3) is 0.867. The largest absolute Gasteiger partial charge is 0.339 e. The maximum absolute atomic E-state index is 12.5. The van der Waals surface area contributed by atoms with Gasteiger partial charge in [-0.05, 0) is 45.1 Å². The van der Waals surface area contributed by atoms with Gasteiger partial charge in [-0.15, -0.1) is 0 Å². The minimum absolute atomic E-state index is 0.0393. The molecule has 2 atom stereocenters. The zero-order valence-electron chi connectivity index (χ0n) is 12.0. The summed E-state index contributed by atoms with van der Waals surface area (Å²) in [7, 11) is 0. The van der Waals surface area contributed by atoms with E-state index in [1.807, 2.05) is 0 Å². The fourth-order valence-electron chi connectivity index (χ4n) is 3.39. The van der Waals surface area contributed by atoms with Crippen LogP contribution < -0.4 is 0 Å². The van der Waals surface area contributed by atoms with Crippen LogP contribution in [0.1, 0.15) is 51.9 Å². The summed E-state index contributed by atoms with van der Waals surface area (Å²) in [6.07, 6.45) is 8.68. The number of hydrogen-bond donors (Lipinski definition) is 0. The van der Waals surface area contributed by atoms with Gasteiger partial charge in [-0.25, -0.2) is 0 Å². The van der Waals surface area contributed by atoms with Crippen molar-refractivity contribution in [2.45, 2.75) is 64.0 Å². The van der Waals surface area contributed by atoms with Crippen LogP contribution in [0.5, 0.6) is 0 Å². The molecule has 0 aromatic carbocycles. The molecule has 0 aromatic rings. The van der Waals surface area contributed by atoms with Crippen LogP contribution in [0.25, 0.3) is 0 Å². The molecule has 2 rings (SSSR count). The van der Waals surface area contributed by atoms with E-state index in [0.29, 0.717) is 12.6 Å². The van der Waals surface area contributed by atoms with Gasteiger partial charge in [-0.2, -0.15) is 0 Å². The second-order valence-electron chi connectivity index (χ2n) is 5.81. The van der Waals surface area contributed by atoms with Crippen LogP contribution in [0.15, 0.2) is 0 Å². The lowest BCUT2D eigenvalue weighted by atomic mass is 9.99. The van der Waals surface area contributed by atoms with Gasteiger partial charge in [0.15, 0.2) is 0 Å². The number of carbonyl (C=O) groups excluding carboxylic acids is 2. The smallest absolute Gasteiger partial charge is 0.237 e. The van der Waals surface area contributed by atoms with E-state index in [1.165, 1.54) is 6.42 Å². The third-order valence-electron chi connectivity index (χ3n) is 4.58. The molecule has 19 heavy (non-hydrogen) atoms. The number of likely N-dealkylation sites (tertiary alicyclic amines) is 2. The molecule has 0 saturated carbocycles. The highest BCUT2D eigenvalue weighted by molar-refractivity contribution is 5.79. The van der Waals surface area contributed by atoms with Gasteiger partial charge in [-0.1, -0.05) is 13.3 Å². The van der Waals surface area contributed by atoms with E-state index in [0.717, 1.165) is 57.9 Å². The van der Waals surface area contributed by atoms with E-state index in [-0.39, 0.29) is 11.9 Å². The van der Waals surface area contributed by atoms with E-state index < -0.39 is 0 Å². The van der Waals surface area contributed by atoms with Gasteiger partial charge in [0.1, 0.15) is 6.29 Å². The summed E-state index contributed by atoms with van der Waals surface area (Å²) in [5, 5.41) is 0. The number of amides is 1. The van der Waals surface area contributed by atoms with Crippen molar-refractivity contribution < 1.29 is 9.59 Å². The number of nitrogens with zero attached hydrogens (tertiary/aromatic N) is 2. The molecule has 108 valence electrons. The Morgan fingerprint density at radius 3 is 2.63 bits per heavy atom. The van der Waals surface area contributed by atoms with E-state index >= 15 is 0 Å². The molecule has 2 heterocycles. The van der Waals surface area contributed by atoms with Crippen molar-refractivity contribution in [2.24, 2.45) is 0 Å². The third kappa shape index (κ3) is 3.56. The van der Waals surface area contributed by atoms with Gasteiger partial charge in [0.05, 0.1) is 12.6 Å². The van der Waals surface area contributed by atoms with Crippen molar-refractivity contribution in [1.82, 2.24) is 9.80 Å². The lowest BCUT2D eigenvalue weighted by molar-refractivity contribution is -0.137. The monoisotopic (exact) mass is 266 g/mol. The SMILES string of the molecule is CCC1CCCCN1C(=O)CN1CCCCC1C=O. The van der Waals surface area contributed by atoms with Crippen molar-refractivity contribution in [3.05, 3.63) is 0 Å². The van der Waals surface area contributed by atoms with Crippen molar-refractivity contribution in [1.29, 1.82) is 0 Å². The zero-order valence-corrected chi connectivity index (χ0v) is 12.0. The Bertz CT molecular complexity index is 319. The molecule has 0 N–H and O–H groups in total. The molecule has 0 aromatic heterocycles. The minimum atomic E-state index is -0.0393. The summed E-state index contributed by atoms with van der Waals surface area (Å²) in [4.78, 5) is 27.7. The van der Waals surface area contributed by atoms with Crippen molar-refractivity contribution >= 4 is 12.2 Å². The predicted molar refractivity (Wildman–Crippen MR) is 74.9 cm³/mol. The predicted octanol–water partition coefficient (Wildman–Crippen LogP) is 1.83. The summed E-state index contributed by atoms with van der Waals surface area (Å²) < 4.78 is 0. The molecule has 0 spiro atoms. The van der Waals surface area contributed by atoms with Gasteiger partial charge in [0, 0.05) is 12.6 Å². The number of aldehydes is 1. The second-order valence-corrected chi connectivity index (χ2v) is 5.81. The minimum Gasteiger partial charge on any atom is -0.339 e. The number of hydrogen-bond acceptors (Lipinski definition) is 3. The lowest BCUT2D eigenvalue weighted by Gasteiger charge is -2.38. The molecule has 2 unspecified atom stereocenters. The Labute approximate surface area is 116 Å². The Balaban J connectivity index is 1.93. The van der Waals surface area contributed by atoms with Crippen LogP contribution in [0, 0.1) is 0 Å². The molecule has 2 fully saturated rings. The highest BCUT2D eigenvalue weighted by Gasteiger charge is 2.29. The normalized spacial score (nSPS) is 29.2. The summed E-state index contributed by atoms with van der Waals surface area (Å²) in [6, 6.07) is 0.378. The number of carbonyl (C=O) groups is 2. The molecule has 2 aliphatic rings. The topological polar surface area (TPSA) is 40.6 Å². The summed E-state index contributed by atoms with van der Waals surface area (Å²) in [5.41, 5.74) is 0. The summed E-state index contributed by atoms with van der Waals surface area (Å²) >= 11 is 0. The number of rotatable bonds is 4. The van der Waals surface area contributed by atoms with E-state index in [9.17, 15) is 9.59 Å². The van der Waals surface area contributed by atoms with Crippen LogP contribution in [0.4, 0.5) is 0 Å². The first-order chi connectivity index (χ1) is 9.26. The highest BCUT2D eigenvalue weighted by Crippen LogP contribution is 2.21. The first-order valence-electron chi connectivity index (χ1n) is 7.75. The van der Waals surface area contributed by atoms with Crippen LogP contribution in [0.3, 0.4) is 0 Å². The molecule has 2 saturated heterocycles. The fourth-order valence-corrected chi connectivity index (χ4v) is 3.39. The molecule has 0 aliphatic carbocycles. The van der Waals surface area contributed by atoms with Gasteiger partial charge in [0.25, 0.3) is 0 Å². The van der Waals surface area contributed by atoms with Crippen LogP contribution in [-0.2, 0) is 9.59 Å². The van der Waals surface area contributed by atoms with Crippen molar-refractivity contribution in [3.8, 4) is 0 Å². The summed E-state index contributed by atoms with van der Waals surface area (Å²) in [6.45, 7) is 4.38. The first kappa shape index (κ1) is 14.5. The molecule has 0 radical (unpaired) electrons. The molecule has 4 heteroatoms. The van der Waals surface area contributed by atoms with Gasteiger partial charge >= 0.3 is 0 Å². The molecular weight excluding hydrogens is 240 g/mol. The molecule has 4 nitrogen and oxygen atoms in total. The second kappa shape index (κ2) is 7.04.